The van der Waals surface area contributed by atoms with Crippen LogP contribution in [0.5, 0.6) is 5.75 Å². The smallest absolute Gasteiger partial charge is 0.271 e. The van der Waals surface area contributed by atoms with Crippen molar-refractivity contribution in [3.05, 3.63) is 101 Å². The Bertz CT molecular complexity index is 1220. The second-order valence-electron chi connectivity index (χ2n) is 7.52. The van der Waals surface area contributed by atoms with Gasteiger partial charge in [0.1, 0.15) is 18.1 Å². The fraction of sp³-hybridized carbons (Fsp3) is 0.160. The third-order valence-corrected chi connectivity index (χ3v) is 5.20. The number of aryl methyl sites for hydroxylation is 2. The molecule has 0 aliphatic heterocycles. The van der Waals surface area contributed by atoms with Crippen LogP contribution in [0.2, 0.25) is 0 Å². The summed E-state index contributed by atoms with van der Waals surface area (Å²) in [5.41, 5.74) is 8.66. The first-order chi connectivity index (χ1) is 16.0. The predicted molar refractivity (Wildman–Crippen MR) is 122 cm³/mol. The standard InChI is InChI=1S/C25H24N4O4/c1-17-22(18(2)33-28-17)16-32-20-11-9-19(10-12-20)15-24(30)26-27-25(31)21-7-3-4-8-23(21)29-13-5-6-14-29/h3-14H,15-16H2,1-2H3,(H,26,30)(H,27,31). The van der Waals surface area contributed by atoms with E-state index < -0.39 is 5.91 Å². The van der Waals surface area contributed by atoms with Crippen molar-refractivity contribution < 1.29 is 18.8 Å². The SMILES string of the molecule is Cc1noc(C)c1COc1ccc(CC(=O)NNC(=O)c2ccccc2-n2cccc2)cc1. The van der Waals surface area contributed by atoms with Gasteiger partial charge in [-0.05, 0) is 55.8 Å². The molecule has 8 nitrogen and oxygen atoms in total. The molecule has 33 heavy (non-hydrogen) atoms. The highest BCUT2D eigenvalue weighted by molar-refractivity contribution is 5.98. The predicted octanol–water partition coefficient (Wildman–Crippen LogP) is 3.66. The molecular weight excluding hydrogens is 420 g/mol. The molecule has 0 aliphatic carbocycles. The van der Waals surface area contributed by atoms with Crippen LogP contribution in [0.25, 0.3) is 5.69 Å². The van der Waals surface area contributed by atoms with Crippen LogP contribution in [0.4, 0.5) is 0 Å². The summed E-state index contributed by atoms with van der Waals surface area (Å²) in [6.45, 7) is 4.07. The molecular formula is C25H24N4O4. The van der Waals surface area contributed by atoms with Gasteiger partial charge in [0, 0.05) is 12.4 Å². The summed E-state index contributed by atoms with van der Waals surface area (Å²) in [5, 5.41) is 3.91. The Balaban J connectivity index is 1.29. The van der Waals surface area contributed by atoms with E-state index in [0.717, 1.165) is 28.3 Å². The van der Waals surface area contributed by atoms with Crippen molar-refractivity contribution in [3.8, 4) is 11.4 Å². The summed E-state index contributed by atoms with van der Waals surface area (Å²) in [7, 11) is 0. The van der Waals surface area contributed by atoms with Gasteiger partial charge in [-0.1, -0.05) is 29.4 Å². The summed E-state index contributed by atoms with van der Waals surface area (Å²) in [4.78, 5) is 24.9. The lowest BCUT2D eigenvalue weighted by Crippen LogP contribution is -2.42. The van der Waals surface area contributed by atoms with E-state index >= 15 is 0 Å². The molecule has 2 aromatic heterocycles. The molecule has 4 aromatic rings. The van der Waals surface area contributed by atoms with Crippen molar-refractivity contribution in [3.63, 3.8) is 0 Å². The molecule has 2 heterocycles. The first-order valence-electron chi connectivity index (χ1n) is 10.5. The number of aromatic nitrogens is 2. The summed E-state index contributed by atoms with van der Waals surface area (Å²) < 4.78 is 12.8. The molecule has 0 fully saturated rings. The van der Waals surface area contributed by atoms with Gasteiger partial charge in [-0.3, -0.25) is 20.4 Å². The summed E-state index contributed by atoms with van der Waals surface area (Å²) in [5.74, 6) is 0.690. The Morgan fingerprint density at radius 2 is 1.70 bits per heavy atom. The highest BCUT2D eigenvalue weighted by Crippen LogP contribution is 2.18. The Morgan fingerprint density at radius 3 is 2.39 bits per heavy atom. The van der Waals surface area contributed by atoms with Crippen LogP contribution < -0.4 is 15.6 Å². The number of carbonyl (C=O) groups excluding carboxylic acids is 2. The van der Waals surface area contributed by atoms with E-state index in [1.165, 1.54) is 0 Å². The molecule has 0 radical (unpaired) electrons. The van der Waals surface area contributed by atoms with Crippen LogP contribution in [0.15, 0.2) is 77.6 Å². The fourth-order valence-corrected chi connectivity index (χ4v) is 3.38. The molecule has 0 saturated heterocycles. The summed E-state index contributed by atoms with van der Waals surface area (Å²) in [6.07, 6.45) is 3.82. The molecule has 4 rings (SSSR count). The van der Waals surface area contributed by atoms with E-state index in [9.17, 15) is 9.59 Å². The third kappa shape index (κ3) is 5.30. The molecule has 2 aromatic carbocycles. The second kappa shape index (κ2) is 9.86. The van der Waals surface area contributed by atoms with Crippen LogP contribution in [-0.2, 0) is 17.8 Å². The number of hydrogen-bond donors (Lipinski definition) is 2. The van der Waals surface area contributed by atoms with Crippen molar-refractivity contribution >= 4 is 11.8 Å². The van der Waals surface area contributed by atoms with Crippen LogP contribution in [0.1, 0.15) is 32.9 Å². The number of amides is 2. The van der Waals surface area contributed by atoms with Gasteiger partial charge in [-0.15, -0.1) is 0 Å². The average Bonchev–Trinajstić information content (AvgIpc) is 3.47. The van der Waals surface area contributed by atoms with Gasteiger partial charge in [0.15, 0.2) is 0 Å². The Kier molecular flexibility index (Phi) is 6.54. The number of rotatable bonds is 7. The van der Waals surface area contributed by atoms with Crippen molar-refractivity contribution in [2.45, 2.75) is 26.9 Å². The number of nitrogens with one attached hydrogen (secondary N) is 2. The zero-order valence-corrected chi connectivity index (χ0v) is 18.4. The highest BCUT2D eigenvalue weighted by atomic mass is 16.5. The second-order valence-corrected chi connectivity index (χ2v) is 7.52. The first kappa shape index (κ1) is 21.9. The van der Waals surface area contributed by atoms with Crippen molar-refractivity contribution in [1.82, 2.24) is 20.6 Å². The Hall–Kier alpha value is -4.33. The highest BCUT2D eigenvalue weighted by Gasteiger charge is 2.13. The van der Waals surface area contributed by atoms with Gasteiger partial charge in [-0.2, -0.15) is 0 Å². The number of nitrogens with zero attached hydrogens (tertiary/aromatic N) is 2. The molecule has 0 bridgehead atoms. The molecule has 0 unspecified atom stereocenters. The maximum Gasteiger partial charge on any atom is 0.271 e. The number of hydrazine groups is 1. The minimum atomic E-state index is -0.393. The van der Waals surface area contributed by atoms with Crippen LogP contribution in [-0.4, -0.2) is 21.5 Å². The van der Waals surface area contributed by atoms with Crippen molar-refractivity contribution in [1.29, 1.82) is 0 Å². The monoisotopic (exact) mass is 444 g/mol. The van der Waals surface area contributed by atoms with Gasteiger partial charge in [0.25, 0.3) is 5.91 Å². The molecule has 0 aliphatic rings. The Morgan fingerprint density at radius 1 is 0.970 bits per heavy atom. The molecule has 0 spiro atoms. The van der Waals surface area contributed by atoms with E-state index in [0.29, 0.717) is 17.9 Å². The molecule has 2 amide bonds. The number of benzene rings is 2. The number of para-hydroxylation sites is 1. The van der Waals surface area contributed by atoms with E-state index in [4.69, 9.17) is 9.26 Å². The van der Waals surface area contributed by atoms with Gasteiger partial charge in [-0.25, -0.2) is 0 Å². The maximum absolute atomic E-state index is 12.6. The summed E-state index contributed by atoms with van der Waals surface area (Å²) in [6, 6.07) is 18.2. The minimum Gasteiger partial charge on any atom is -0.489 e. The number of carbonyl (C=O) groups is 2. The van der Waals surface area contributed by atoms with Gasteiger partial charge in [0.05, 0.1) is 28.9 Å². The van der Waals surface area contributed by atoms with Crippen LogP contribution >= 0.6 is 0 Å². The number of ether oxygens (including phenoxy) is 1. The van der Waals surface area contributed by atoms with E-state index in [2.05, 4.69) is 16.0 Å². The molecule has 168 valence electrons. The lowest BCUT2D eigenvalue weighted by atomic mass is 10.1. The first-order valence-corrected chi connectivity index (χ1v) is 10.5. The normalized spacial score (nSPS) is 10.6. The van der Waals surface area contributed by atoms with Crippen molar-refractivity contribution in [2.24, 2.45) is 0 Å². The lowest BCUT2D eigenvalue weighted by molar-refractivity contribution is -0.121. The van der Waals surface area contributed by atoms with Crippen LogP contribution in [0.3, 0.4) is 0 Å². The van der Waals surface area contributed by atoms with E-state index in [1.807, 2.05) is 67.2 Å². The Labute approximate surface area is 191 Å². The van der Waals surface area contributed by atoms with Gasteiger partial charge >= 0.3 is 0 Å². The molecule has 2 N–H and O–H groups in total. The molecule has 0 saturated carbocycles. The molecule has 0 atom stereocenters. The maximum atomic E-state index is 12.6. The third-order valence-electron chi connectivity index (χ3n) is 5.20. The van der Waals surface area contributed by atoms with E-state index in [-0.39, 0.29) is 12.3 Å². The zero-order valence-electron chi connectivity index (χ0n) is 18.4. The lowest BCUT2D eigenvalue weighted by Gasteiger charge is -2.12. The fourth-order valence-electron chi connectivity index (χ4n) is 3.38. The number of hydrogen-bond acceptors (Lipinski definition) is 5. The van der Waals surface area contributed by atoms with Crippen LogP contribution in [0, 0.1) is 13.8 Å². The quantitative estimate of drug-likeness (QED) is 0.424. The minimum absolute atomic E-state index is 0.115. The zero-order chi connectivity index (χ0) is 23.2. The van der Waals surface area contributed by atoms with Gasteiger partial charge < -0.3 is 13.8 Å². The van der Waals surface area contributed by atoms with Gasteiger partial charge in [0.2, 0.25) is 5.91 Å². The topological polar surface area (TPSA) is 98.4 Å². The molecule has 8 heteroatoms. The van der Waals surface area contributed by atoms with Crippen molar-refractivity contribution in [2.75, 3.05) is 0 Å². The largest absolute Gasteiger partial charge is 0.489 e. The average molecular weight is 444 g/mol. The summed E-state index contributed by atoms with van der Waals surface area (Å²) >= 11 is 0. The van der Waals surface area contributed by atoms with E-state index in [1.54, 1.807) is 24.3 Å².